The van der Waals surface area contributed by atoms with E-state index in [2.05, 4.69) is 24.2 Å². The Morgan fingerprint density at radius 2 is 2.00 bits per heavy atom. The molecule has 1 atom stereocenters. The van der Waals surface area contributed by atoms with Gasteiger partial charge in [0.05, 0.1) is 6.61 Å². The summed E-state index contributed by atoms with van der Waals surface area (Å²) in [5.74, 6) is 0.415. The highest BCUT2D eigenvalue weighted by Crippen LogP contribution is 2.42. The molecule has 20 heavy (non-hydrogen) atoms. The molecular formula is C16H30N2O2. The molecule has 0 spiro atoms. The van der Waals surface area contributed by atoms with E-state index in [1.165, 1.54) is 19.3 Å². The van der Waals surface area contributed by atoms with Crippen molar-refractivity contribution in [3.63, 3.8) is 0 Å². The van der Waals surface area contributed by atoms with Gasteiger partial charge in [-0.15, -0.1) is 0 Å². The van der Waals surface area contributed by atoms with E-state index in [1.807, 2.05) is 6.92 Å². The predicted octanol–water partition coefficient (Wildman–Crippen LogP) is 2.18. The molecular weight excluding hydrogens is 252 g/mol. The van der Waals surface area contributed by atoms with Gasteiger partial charge in [-0.25, -0.2) is 4.79 Å². The average Bonchev–Trinajstić information content (AvgIpc) is 3.16. The lowest BCUT2D eigenvalue weighted by Gasteiger charge is -2.42. The molecule has 0 aromatic carbocycles. The SMILES string of the molecule is CCCNC(CN(C)C1CCC1)(C(=O)OCC)C1CC1. The Labute approximate surface area is 123 Å². The Kier molecular flexibility index (Phi) is 5.44. The number of rotatable bonds is 9. The van der Waals surface area contributed by atoms with Crippen molar-refractivity contribution in [2.45, 2.75) is 64.0 Å². The van der Waals surface area contributed by atoms with E-state index in [0.717, 1.165) is 32.4 Å². The summed E-state index contributed by atoms with van der Waals surface area (Å²) in [4.78, 5) is 15.0. The number of nitrogens with one attached hydrogen (secondary N) is 1. The second-order valence-corrected chi connectivity index (χ2v) is 6.39. The van der Waals surface area contributed by atoms with E-state index < -0.39 is 5.54 Å². The van der Waals surface area contributed by atoms with Gasteiger partial charge >= 0.3 is 5.97 Å². The Balaban J connectivity index is 2.08. The first-order valence-electron chi connectivity index (χ1n) is 8.26. The molecule has 0 saturated heterocycles. The smallest absolute Gasteiger partial charge is 0.327 e. The van der Waals surface area contributed by atoms with Crippen LogP contribution in [-0.2, 0) is 9.53 Å². The first-order valence-corrected chi connectivity index (χ1v) is 8.26. The van der Waals surface area contributed by atoms with Crippen LogP contribution < -0.4 is 5.32 Å². The average molecular weight is 282 g/mol. The molecule has 0 radical (unpaired) electrons. The van der Waals surface area contributed by atoms with E-state index in [1.54, 1.807) is 0 Å². The van der Waals surface area contributed by atoms with Crippen LogP contribution in [0, 0.1) is 5.92 Å². The summed E-state index contributed by atoms with van der Waals surface area (Å²) >= 11 is 0. The summed E-state index contributed by atoms with van der Waals surface area (Å²) in [5, 5.41) is 3.55. The van der Waals surface area contributed by atoms with Crippen molar-refractivity contribution in [3.8, 4) is 0 Å². The molecule has 2 aliphatic rings. The van der Waals surface area contributed by atoms with Gasteiger partial charge in [0.2, 0.25) is 0 Å². The summed E-state index contributed by atoms with van der Waals surface area (Å²) in [5.41, 5.74) is -0.476. The van der Waals surface area contributed by atoms with E-state index in [-0.39, 0.29) is 5.97 Å². The van der Waals surface area contributed by atoms with Gasteiger partial charge < -0.3 is 15.0 Å². The normalized spacial score (nSPS) is 22.4. The molecule has 4 heteroatoms. The molecule has 0 heterocycles. The lowest BCUT2D eigenvalue weighted by atomic mass is 9.87. The Hall–Kier alpha value is -0.610. The summed E-state index contributed by atoms with van der Waals surface area (Å²) in [7, 11) is 2.16. The minimum absolute atomic E-state index is 0.0397. The molecule has 116 valence electrons. The first-order chi connectivity index (χ1) is 9.64. The number of carbonyl (C=O) groups excluding carboxylic acids is 1. The molecule has 2 aliphatic carbocycles. The van der Waals surface area contributed by atoms with Crippen molar-refractivity contribution in [2.24, 2.45) is 5.92 Å². The lowest BCUT2D eigenvalue weighted by molar-refractivity contribution is -0.153. The molecule has 2 fully saturated rings. The second kappa shape index (κ2) is 6.90. The quantitative estimate of drug-likeness (QED) is 0.658. The third kappa shape index (κ3) is 3.34. The molecule has 0 bridgehead atoms. The highest BCUT2D eigenvalue weighted by atomic mass is 16.5. The molecule has 0 aromatic heterocycles. The fourth-order valence-corrected chi connectivity index (χ4v) is 3.17. The molecule has 2 rings (SSSR count). The molecule has 0 aromatic rings. The van der Waals surface area contributed by atoms with Crippen LogP contribution in [0.25, 0.3) is 0 Å². The van der Waals surface area contributed by atoms with Crippen LogP contribution in [0.15, 0.2) is 0 Å². The highest BCUT2D eigenvalue weighted by Gasteiger charge is 2.52. The van der Waals surface area contributed by atoms with Gasteiger partial charge in [0.15, 0.2) is 0 Å². The zero-order chi connectivity index (χ0) is 14.6. The number of hydrogen-bond donors (Lipinski definition) is 1. The Morgan fingerprint density at radius 3 is 2.45 bits per heavy atom. The zero-order valence-electron chi connectivity index (χ0n) is 13.3. The highest BCUT2D eigenvalue weighted by molar-refractivity contribution is 5.82. The van der Waals surface area contributed by atoms with Crippen molar-refractivity contribution >= 4 is 5.97 Å². The minimum Gasteiger partial charge on any atom is -0.465 e. The Morgan fingerprint density at radius 1 is 1.30 bits per heavy atom. The van der Waals surface area contributed by atoms with Crippen LogP contribution in [0.5, 0.6) is 0 Å². The van der Waals surface area contributed by atoms with Crippen LogP contribution in [0.3, 0.4) is 0 Å². The zero-order valence-corrected chi connectivity index (χ0v) is 13.3. The standard InChI is InChI=1S/C16H30N2O2/c1-4-11-17-16(13-9-10-13,15(19)20-5-2)12-18(3)14-7-6-8-14/h13-14,17H,4-12H2,1-3H3. The van der Waals surface area contributed by atoms with Crippen LogP contribution in [0.4, 0.5) is 0 Å². The molecule has 1 unspecified atom stereocenters. The van der Waals surface area contributed by atoms with Crippen LogP contribution in [-0.4, -0.2) is 49.2 Å². The van der Waals surface area contributed by atoms with Gasteiger partial charge in [-0.3, -0.25) is 0 Å². The maximum atomic E-state index is 12.6. The number of likely N-dealkylation sites (N-methyl/N-ethyl adjacent to an activating group) is 1. The predicted molar refractivity (Wildman–Crippen MR) is 80.7 cm³/mol. The maximum absolute atomic E-state index is 12.6. The van der Waals surface area contributed by atoms with Gasteiger partial charge in [0.25, 0.3) is 0 Å². The Bertz CT molecular complexity index is 326. The number of esters is 1. The summed E-state index contributed by atoms with van der Waals surface area (Å²) in [6.45, 7) is 6.18. The van der Waals surface area contributed by atoms with Crippen molar-refractivity contribution < 1.29 is 9.53 Å². The largest absolute Gasteiger partial charge is 0.465 e. The lowest BCUT2D eigenvalue weighted by Crippen LogP contribution is -2.62. The van der Waals surface area contributed by atoms with Crippen molar-refractivity contribution in [2.75, 3.05) is 26.7 Å². The van der Waals surface area contributed by atoms with Gasteiger partial charge in [0, 0.05) is 12.6 Å². The monoisotopic (exact) mass is 282 g/mol. The van der Waals surface area contributed by atoms with Crippen LogP contribution in [0.1, 0.15) is 52.4 Å². The molecule has 4 nitrogen and oxygen atoms in total. The summed E-state index contributed by atoms with van der Waals surface area (Å²) in [6.07, 6.45) is 7.21. The van der Waals surface area contributed by atoms with E-state index >= 15 is 0 Å². The summed E-state index contributed by atoms with van der Waals surface area (Å²) < 4.78 is 5.41. The van der Waals surface area contributed by atoms with Gasteiger partial charge in [0.1, 0.15) is 5.54 Å². The van der Waals surface area contributed by atoms with Crippen LogP contribution in [0.2, 0.25) is 0 Å². The third-order valence-electron chi connectivity index (χ3n) is 4.80. The number of ether oxygens (including phenoxy) is 1. The van der Waals surface area contributed by atoms with Gasteiger partial charge in [-0.1, -0.05) is 13.3 Å². The number of hydrogen-bond acceptors (Lipinski definition) is 4. The number of carbonyl (C=O) groups is 1. The van der Waals surface area contributed by atoms with Crippen LogP contribution >= 0.6 is 0 Å². The first kappa shape index (κ1) is 15.8. The number of nitrogens with zero attached hydrogens (tertiary/aromatic N) is 1. The molecule has 0 aliphatic heterocycles. The van der Waals surface area contributed by atoms with E-state index in [4.69, 9.17) is 4.74 Å². The minimum atomic E-state index is -0.476. The fraction of sp³-hybridized carbons (Fsp3) is 0.938. The maximum Gasteiger partial charge on any atom is 0.327 e. The van der Waals surface area contributed by atoms with Crippen molar-refractivity contribution in [3.05, 3.63) is 0 Å². The second-order valence-electron chi connectivity index (χ2n) is 6.39. The fourth-order valence-electron chi connectivity index (χ4n) is 3.17. The van der Waals surface area contributed by atoms with Crippen molar-refractivity contribution in [1.29, 1.82) is 0 Å². The molecule has 2 saturated carbocycles. The molecule has 0 amide bonds. The van der Waals surface area contributed by atoms with Crippen molar-refractivity contribution in [1.82, 2.24) is 10.2 Å². The van der Waals surface area contributed by atoms with E-state index in [9.17, 15) is 4.79 Å². The van der Waals surface area contributed by atoms with Gasteiger partial charge in [-0.2, -0.15) is 0 Å². The topological polar surface area (TPSA) is 41.6 Å². The van der Waals surface area contributed by atoms with Gasteiger partial charge in [-0.05, 0) is 58.5 Å². The molecule has 1 N–H and O–H groups in total. The summed E-state index contributed by atoms with van der Waals surface area (Å²) in [6, 6.07) is 0.658. The van der Waals surface area contributed by atoms with E-state index in [0.29, 0.717) is 18.6 Å². The third-order valence-corrected chi connectivity index (χ3v) is 4.80.